The summed E-state index contributed by atoms with van der Waals surface area (Å²) in [7, 11) is -3.50. The predicted octanol–water partition coefficient (Wildman–Crippen LogP) is 4.58. The van der Waals surface area contributed by atoms with Crippen LogP contribution in [0.2, 0.25) is 0 Å². The van der Waals surface area contributed by atoms with Crippen LogP contribution in [0.5, 0.6) is 0 Å². The van der Waals surface area contributed by atoms with Crippen LogP contribution in [0, 0.1) is 0 Å². The zero-order chi connectivity index (χ0) is 17.1. The van der Waals surface area contributed by atoms with E-state index >= 15 is 0 Å². The lowest BCUT2D eigenvalue weighted by Gasteiger charge is -2.25. The molecule has 3 nitrogen and oxygen atoms in total. The van der Waals surface area contributed by atoms with Crippen molar-refractivity contribution in [3.63, 3.8) is 0 Å². The molecule has 130 valence electrons. The number of hydrogen-bond donors (Lipinski definition) is 0. The number of fused-ring (bicyclic) bond motifs is 2. The molecule has 0 unspecified atom stereocenters. The molecule has 2 saturated carbocycles. The average Bonchev–Trinajstić information content (AvgIpc) is 3.30. The van der Waals surface area contributed by atoms with Gasteiger partial charge in [0.1, 0.15) is 0 Å². The quantitative estimate of drug-likeness (QED) is 0.810. The molecule has 0 aromatic heterocycles. The molecule has 2 fully saturated rings. The van der Waals surface area contributed by atoms with Gasteiger partial charge < -0.3 is 0 Å². The Labute approximate surface area is 149 Å². The first-order chi connectivity index (χ1) is 12.1. The fourth-order valence-electron chi connectivity index (χ4n) is 4.73. The Hall–Kier alpha value is -1.81. The van der Waals surface area contributed by atoms with E-state index in [1.807, 2.05) is 30.3 Å². The van der Waals surface area contributed by atoms with Gasteiger partial charge in [-0.3, -0.25) is 4.31 Å². The largest absolute Gasteiger partial charge is 0.265 e. The van der Waals surface area contributed by atoms with Crippen molar-refractivity contribution in [2.45, 2.75) is 54.8 Å². The Bertz CT molecular complexity index is 907. The SMILES string of the molecule is O=S(=O)(c1ccc(C2CC2)cc1)N1CC2(CCCC2)c2ccccc21. The van der Waals surface area contributed by atoms with Gasteiger partial charge >= 0.3 is 0 Å². The Morgan fingerprint density at radius 1 is 0.920 bits per heavy atom. The third-order valence-corrected chi connectivity index (χ3v) is 8.04. The normalized spacial score (nSPS) is 21.7. The third kappa shape index (κ3) is 2.34. The molecule has 4 heteroatoms. The van der Waals surface area contributed by atoms with Crippen LogP contribution in [0.4, 0.5) is 5.69 Å². The van der Waals surface area contributed by atoms with Gasteiger partial charge in [-0.15, -0.1) is 0 Å². The summed E-state index contributed by atoms with van der Waals surface area (Å²) in [4.78, 5) is 0.418. The molecule has 1 aliphatic heterocycles. The molecule has 0 atom stereocenters. The van der Waals surface area contributed by atoms with Crippen LogP contribution >= 0.6 is 0 Å². The maximum Gasteiger partial charge on any atom is 0.264 e. The van der Waals surface area contributed by atoms with Crippen LogP contribution in [-0.4, -0.2) is 15.0 Å². The van der Waals surface area contributed by atoms with Gasteiger partial charge in [0, 0.05) is 12.0 Å². The van der Waals surface area contributed by atoms with Gasteiger partial charge in [-0.05, 0) is 60.9 Å². The lowest BCUT2D eigenvalue weighted by molar-refractivity contribution is 0.477. The highest BCUT2D eigenvalue weighted by Crippen LogP contribution is 2.51. The van der Waals surface area contributed by atoms with E-state index in [0.29, 0.717) is 17.4 Å². The van der Waals surface area contributed by atoms with Crippen LogP contribution in [0.1, 0.15) is 55.6 Å². The maximum absolute atomic E-state index is 13.4. The first-order valence-electron chi connectivity index (χ1n) is 9.32. The van der Waals surface area contributed by atoms with E-state index in [0.717, 1.165) is 18.5 Å². The number of sulfonamides is 1. The van der Waals surface area contributed by atoms with Crippen molar-refractivity contribution in [1.82, 2.24) is 0 Å². The summed E-state index contributed by atoms with van der Waals surface area (Å²) in [5.41, 5.74) is 3.41. The van der Waals surface area contributed by atoms with E-state index in [2.05, 4.69) is 6.07 Å². The Kier molecular flexibility index (Phi) is 3.30. The van der Waals surface area contributed by atoms with E-state index in [1.54, 1.807) is 16.4 Å². The van der Waals surface area contributed by atoms with E-state index in [4.69, 9.17) is 0 Å². The number of nitrogens with zero attached hydrogens (tertiary/aromatic N) is 1. The lowest BCUT2D eigenvalue weighted by atomic mass is 9.81. The highest BCUT2D eigenvalue weighted by molar-refractivity contribution is 7.92. The summed E-state index contributed by atoms with van der Waals surface area (Å²) >= 11 is 0. The summed E-state index contributed by atoms with van der Waals surface area (Å²) in [6, 6.07) is 15.7. The highest BCUT2D eigenvalue weighted by Gasteiger charge is 2.47. The van der Waals surface area contributed by atoms with Crippen molar-refractivity contribution in [2.24, 2.45) is 0 Å². The summed E-state index contributed by atoms with van der Waals surface area (Å²) in [5, 5.41) is 0. The van der Waals surface area contributed by atoms with Crippen LogP contribution in [0.25, 0.3) is 0 Å². The second-order valence-corrected chi connectivity index (χ2v) is 9.72. The first-order valence-corrected chi connectivity index (χ1v) is 10.8. The summed E-state index contributed by atoms with van der Waals surface area (Å²) in [6.45, 7) is 0.596. The monoisotopic (exact) mass is 353 g/mol. The van der Waals surface area contributed by atoms with E-state index in [9.17, 15) is 8.42 Å². The minimum Gasteiger partial charge on any atom is -0.265 e. The fraction of sp³-hybridized carbons (Fsp3) is 0.429. The Morgan fingerprint density at radius 3 is 2.28 bits per heavy atom. The van der Waals surface area contributed by atoms with Gasteiger partial charge in [0.15, 0.2) is 0 Å². The zero-order valence-corrected chi connectivity index (χ0v) is 15.1. The van der Waals surface area contributed by atoms with E-state index < -0.39 is 10.0 Å². The van der Waals surface area contributed by atoms with E-state index in [-0.39, 0.29) is 5.41 Å². The molecule has 25 heavy (non-hydrogen) atoms. The third-order valence-electron chi connectivity index (χ3n) is 6.27. The van der Waals surface area contributed by atoms with Crippen molar-refractivity contribution < 1.29 is 8.42 Å². The summed E-state index contributed by atoms with van der Waals surface area (Å²) < 4.78 is 28.4. The molecule has 0 bridgehead atoms. The van der Waals surface area contributed by atoms with Crippen molar-refractivity contribution in [1.29, 1.82) is 0 Å². The maximum atomic E-state index is 13.4. The number of benzene rings is 2. The average molecular weight is 353 g/mol. The van der Waals surface area contributed by atoms with Gasteiger partial charge in [0.25, 0.3) is 10.0 Å². The second kappa shape index (κ2) is 5.34. The highest BCUT2D eigenvalue weighted by atomic mass is 32.2. The summed E-state index contributed by atoms with van der Waals surface area (Å²) in [6.07, 6.45) is 7.03. The smallest absolute Gasteiger partial charge is 0.264 e. The van der Waals surface area contributed by atoms with Gasteiger partial charge in [-0.1, -0.05) is 43.2 Å². The van der Waals surface area contributed by atoms with Crippen molar-refractivity contribution in [3.05, 3.63) is 59.7 Å². The van der Waals surface area contributed by atoms with Crippen LogP contribution in [0.3, 0.4) is 0 Å². The fourth-order valence-corrected chi connectivity index (χ4v) is 6.30. The zero-order valence-electron chi connectivity index (χ0n) is 14.3. The lowest BCUT2D eigenvalue weighted by Crippen LogP contribution is -2.35. The number of anilines is 1. The van der Waals surface area contributed by atoms with Crippen LogP contribution in [-0.2, 0) is 15.4 Å². The van der Waals surface area contributed by atoms with Crippen molar-refractivity contribution >= 4 is 15.7 Å². The molecule has 0 radical (unpaired) electrons. The molecule has 2 aromatic rings. The molecule has 3 aliphatic rings. The van der Waals surface area contributed by atoms with Crippen molar-refractivity contribution in [2.75, 3.05) is 10.8 Å². The van der Waals surface area contributed by atoms with Gasteiger partial charge in [-0.2, -0.15) is 0 Å². The molecule has 0 amide bonds. The Balaban J connectivity index is 1.55. The van der Waals surface area contributed by atoms with Crippen LogP contribution < -0.4 is 4.31 Å². The number of rotatable bonds is 3. The molecular formula is C21H23NO2S. The second-order valence-electron chi connectivity index (χ2n) is 7.86. The first kappa shape index (κ1) is 15.4. The molecule has 1 spiro atoms. The molecule has 5 rings (SSSR count). The van der Waals surface area contributed by atoms with Crippen molar-refractivity contribution in [3.8, 4) is 0 Å². The van der Waals surface area contributed by atoms with E-state index in [1.165, 1.54) is 36.8 Å². The summed E-state index contributed by atoms with van der Waals surface area (Å²) in [5.74, 6) is 0.644. The molecular weight excluding hydrogens is 330 g/mol. The molecule has 0 N–H and O–H groups in total. The number of hydrogen-bond acceptors (Lipinski definition) is 2. The molecule has 1 heterocycles. The van der Waals surface area contributed by atoms with Gasteiger partial charge in [0.2, 0.25) is 0 Å². The van der Waals surface area contributed by atoms with Gasteiger partial charge in [-0.25, -0.2) is 8.42 Å². The topological polar surface area (TPSA) is 37.4 Å². The standard InChI is InChI=1S/C21H23NO2S/c23-25(24,18-11-9-17(10-12-18)16-7-8-16)22-15-21(13-3-4-14-21)19-5-1-2-6-20(19)22/h1-2,5-6,9-12,16H,3-4,7-8,13-15H2. The van der Waals surface area contributed by atoms with Crippen LogP contribution in [0.15, 0.2) is 53.4 Å². The molecule has 0 saturated heterocycles. The molecule has 2 aliphatic carbocycles. The minimum atomic E-state index is -3.50. The Morgan fingerprint density at radius 2 is 1.60 bits per heavy atom. The number of para-hydroxylation sites is 1. The molecule has 2 aromatic carbocycles. The minimum absolute atomic E-state index is 0.0254. The van der Waals surface area contributed by atoms with Gasteiger partial charge in [0.05, 0.1) is 10.6 Å². The predicted molar refractivity (Wildman–Crippen MR) is 99.5 cm³/mol.